The van der Waals surface area contributed by atoms with Gasteiger partial charge in [0.2, 0.25) is 0 Å². The van der Waals surface area contributed by atoms with Crippen molar-refractivity contribution >= 4 is 23.5 Å². The van der Waals surface area contributed by atoms with Crippen molar-refractivity contribution in [3.63, 3.8) is 0 Å². The molecule has 5 nitrogen and oxygen atoms in total. The molecule has 0 bridgehead atoms. The van der Waals surface area contributed by atoms with Gasteiger partial charge in [-0.05, 0) is 52.0 Å². The lowest BCUT2D eigenvalue weighted by molar-refractivity contribution is -0.163. The Bertz CT molecular complexity index is 509. The van der Waals surface area contributed by atoms with Crippen molar-refractivity contribution in [1.82, 2.24) is 4.90 Å². The van der Waals surface area contributed by atoms with Gasteiger partial charge < -0.3 is 14.4 Å². The van der Waals surface area contributed by atoms with Gasteiger partial charge in [0, 0.05) is 18.1 Å². The summed E-state index contributed by atoms with van der Waals surface area (Å²) in [6.45, 7) is 7.80. The summed E-state index contributed by atoms with van der Waals surface area (Å²) in [7, 11) is 0. The van der Waals surface area contributed by atoms with Crippen LogP contribution in [0.5, 0.6) is 5.75 Å². The largest absolute Gasteiger partial charge is 0.476 e. The summed E-state index contributed by atoms with van der Waals surface area (Å²) in [5.41, 5.74) is -1.20. The molecule has 0 radical (unpaired) electrons. The third kappa shape index (κ3) is 5.22. The summed E-state index contributed by atoms with van der Waals surface area (Å²) >= 11 is 5.80. The van der Waals surface area contributed by atoms with Gasteiger partial charge in [0.25, 0.3) is 5.91 Å². The number of hydrogen-bond acceptors (Lipinski definition) is 4. The number of ether oxygens (including phenoxy) is 2. The number of halogens is 1. The summed E-state index contributed by atoms with van der Waals surface area (Å²) in [5.74, 6) is -0.315. The molecule has 0 aliphatic rings. The van der Waals surface area contributed by atoms with E-state index in [-0.39, 0.29) is 12.5 Å². The van der Waals surface area contributed by atoms with E-state index in [0.717, 1.165) is 0 Å². The zero-order valence-electron chi connectivity index (χ0n) is 13.4. The number of carbonyl (C=O) groups excluding carboxylic acids is 2. The van der Waals surface area contributed by atoms with Gasteiger partial charge in [-0.3, -0.25) is 4.79 Å². The molecular formula is C16H22ClNO4. The van der Waals surface area contributed by atoms with Crippen LogP contribution < -0.4 is 4.74 Å². The van der Waals surface area contributed by atoms with Gasteiger partial charge in [-0.25, -0.2) is 4.79 Å². The first-order valence-corrected chi connectivity index (χ1v) is 7.57. The lowest BCUT2D eigenvalue weighted by Gasteiger charge is -2.25. The fraction of sp³-hybridized carbons (Fsp3) is 0.500. The van der Waals surface area contributed by atoms with Crippen LogP contribution >= 0.6 is 11.6 Å². The lowest BCUT2D eigenvalue weighted by atomic mass is 10.1. The number of rotatable bonds is 7. The van der Waals surface area contributed by atoms with Crippen molar-refractivity contribution in [3.05, 3.63) is 29.3 Å². The van der Waals surface area contributed by atoms with Crippen molar-refractivity contribution < 1.29 is 19.1 Å². The average molecular weight is 328 g/mol. The van der Waals surface area contributed by atoms with Crippen LogP contribution in [-0.4, -0.2) is 42.1 Å². The maximum absolute atomic E-state index is 12.1. The van der Waals surface area contributed by atoms with E-state index in [9.17, 15) is 9.59 Å². The Morgan fingerprint density at radius 1 is 1.14 bits per heavy atom. The first-order chi connectivity index (χ1) is 10.3. The van der Waals surface area contributed by atoms with Crippen LogP contribution in [0.1, 0.15) is 27.7 Å². The van der Waals surface area contributed by atoms with E-state index < -0.39 is 11.6 Å². The van der Waals surface area contributed by atoms with E-state index in [1.807, 2.05) is 13.8 Å². The molecule has 1 rings (SSSR count). The first-order valence-electron chi connectivity index (χ1n) is 7.19. The van der Waals surface area contributed by atoms with E-state index in [4.69, 9.17) is 21.1 Å². The average Bonchev–Trinajstić information content (AvgIpc) is 2.48. The maximum atomic E-state index is 12.1. The minimum absolute atomic E-state index is 0.222. The molecular weight excluding hydrogens is 306 g/mol. The molecule has 0 fully saturated rings. The third-order valence-electron chi connectivity index (χ3n) is 3.12. The Kier molecular flexibility index (Phi) is 6.68. The van der Waals surface area contributed by atoms with Gasteiger partial charge in [-0.2, -0.15) is 0 Å². The molecule has 1 aromatic rings. The quantitative estimate of drug-likeness (QED) is 0.723. The monoisotopic (exact) mass is 327 g/mol. The van der Waals surface area contributed by atoms with E-state index >= 15 is 0 Å². The highest BCUT2D eigenvalue weighted by Gasteiger charge is 2.32. The molecule has 0 aliphatic heterocycles. The Balaban J connectivity index is 2.59. The molecule has 0 atom stereocenters. The molecule has 0 unspecified atom stereocenters. The normalized spacial score (nSPS) is 11.0. The molecule has 122 valence electrons. The van der Waals surface area contributed by atoms with Gasteiger partial charge in [0.1, 0.15) is 5.75 Å². The molecule has 1 aromatic carbocycles. The van der Waals surface area contributed by atoms with E-state index in [1.165, 1.54) is 0 Å². The van der Waals surface area contributed by atoms with E-state index in [2.05, 4.69) is 0 Å². The minimum Gasteiger partial charge on any atom is -0.476 e. The van der Waals surface area contributed by atoms with Crippen LogP contribution in [0.4, 0.5) is 0 Å². The molecule has 0 N–H and O–H groups in total. The second-order valence-electron chi connectivity index (χ2n) is 5.21. The van der Waals surface area contributed by atoms with Crippen molar-refractivity contribution in [2.24, 2.45) is 0 Å². The van der Waals surface area contributed by atoms with Crippen molar-refractivity contribution in [2.75, 3.05) is 19.7 Å². The highest BCUT2D eigenvalue weighted by molar-refractivity contribution is 6.30. The third-order valence-corrected chi connectivity index (χ3v) is 3.37. The Morgan fingerprint density at radius 2 is 1.68 bits per heavy atom. The second kappa shape index (κ2) is 8.03. The zero-order chi connectivity index (χ0) is 16.8. The summed E-state index contributed by atoms with van der Waals surface area (Å²) in [6.07, 6.45) is 0. The van der Waals surface area contributed by atoms with Gasteiger partial charge in [0.05, 0.1) is 0 Å². The van der Waals surface area contributed by atoms with Gasteiger partial charge in [-0.15, -0.1) is 0 Å². The summed E-state index contributed by atoms with van der Waals surface area (Å²) in [6, 6.07) is 6.67. The summed E-state index contributed by atoms with van der Waals surface area (Å²) < 4.78 is 10.7. The SMILES string of the molecule is CCN(CC)C(=O)COC(=O)C(C)(C)Oc1ccc(Cl)cc1. The van der Waals surface area contributed by atoms with Crippen molar-refractivity contribution in [2.45, 2.75) is 33.3 Å². The number of carbonyl (C=O) groups is 2. The highest BCUT2D eigenvalue weighted by Crippen LogP contribution is 2.21. The number of benzene rings is 1. The van der Waals surface area contributed by atoms with Crippen LogP contribution in [0.3, 0.4) is 0 Å². The Hall–Kier alpha value is -1.75. The fourth-order valence-corrected chi connectivity index (χ4v) is 1.93. The van der Waals surface area contributed by atoms with Gasteiger partial charge in [-0.1, -0.05) is 11.6 Å². The Morgan fingerprint density at radius 3 is 2.18 bits per heavy atom. The molecule has 0 saturated carbocycles. The number of amides is 1. The predicted octanol–water partition coefficient (Wildman–Crippen LogP) is 2.91. The second-order valence-corrected chi connectivity index (χ2v) is 5.64. The number of esters is 1. The Labute approximate surface area is 136 Å². The molecule has 0 aliphatic carbocycles. The molecule has 6 heteroatoms. The number of nitrogens with zero attached hydrogens (tertiary/aromatic N) is 1. The van der Waals surface area contributed by atoms with Gasteiger partial charge >= 0.3 is 5.97 Å². The van der Waals surface area contributed by atoms with Crippen LogP contribution in [0.2, 0.25) is 5.02 Å². The standard InChI is InChI=1S/C16H22ClNO4/c1-5-18(6-2)14(19)11-21-15(20)16(3,4)22-13-9-7-12(17)8-10-13/h7-10H,5-6,11H2,1-4H3. The molecule has 0 aromatic heterocycles. The smallest absolute Gasteiger partial charge is 0.350 e. The van der Waals surface area contributed by atoms with Crippen LogP contribution in [0, 0.1) is 0 Å². The fourth-order valence-electron chi connectivity index (χ4n) is 1.81. The summed E-state index contributed by atoms with van der Waals surface area (Å²) in [4.78, 5) is 25.5. The maximum Gasteiger partial charge on any atom is 0.350 e. The van der Waals surface area contributed by atoms with Crippen LogP contribution in [-0.2, 0) is 14.3 Å². The van der Waals surface area contributed by atoms with Gasteiger partial charge in [0.15, 0.2) is 12.2 Å². The topological polar surface area (TPSA) is 55.8 Å². The summed E-state index contributed by atoms with van der Waals surface area (Å²) in [5, 5.41) is 0.581. The molecule has 0 spiro atoms. The predicted molar refractivity (Wildman–Crippen MR) is 85.0 cm³/mol. The molecule has 0 heterocycles. The number of likely N-dealkylation sites (N-methyl/N-ethyl adjacent to an activating group) is 1. The van der Waals surface area contributed by atoms with Crippen LogP contribution in [0.15, 0.2) is 24.3 Å². The zero-order valence-corrected chi connectivity index (χ0v) is 14.1. The van der Waals surface area contributed by atoms with Crippen LogP contribution in [0.25, 0.3) is 0 Å². The van der Waals surface area contributed by atoms with E-state index in [0.29, 0.717) is 23.9 Å². The number of hydrogen-bond donors (Lipinski definition) is 0. The first kappa shape index (κ1) is 18.3. The van der Waals surface area contributed by atoms with E-state index in [1.54, 1.807) is 43.0 Å². The lowest BCUT2D eigenvalue weighted by Crippen LogP contribution is -2.42. The van der Waals surface area contributed by atoms with Crippen molar-refractivity contribution in [1.29, 1.82) is 0 Å². The molecule has 22 heavy (non-hydrogen) atoms. The highest BCUT2D eigenvalue weighted by atomic mass is 35.5. The molecule has 1 amide bonds. The molecule has 0 saturated heterocycles. The minimum atomic E-state index is -1.20. The van der Waals surface area contributed by atoms with Crippen molar-refractivity contribution in [3.8, 4) is 5.75 Å².